The standard InChI is InChI=1S/C28H33N3O4S/c1-21(2)29-28(33)23(4)30(19-24-14-12-11-13-22(24)3)27(32)20-31(25-15-7-5-8-16-25)36(34,35)26-17-9-6-10-18-26/h5-18,21,23H,19-20H2,1-4H3,(H,29,33)/t23-/m1/s1. The van der Waals surface area contributed by atoms with Crippen LogP contribution in [-0.4, -0.2) is 43.8 Å². The van der Waals surface area contributed by atoms with Crippen LogP contribution in [0.2, 0.25) is 0 Å². The summed E-state index contributed by atoms with van der Waals surface area (Å²) in [6.07, 6.45) is 0. The molecule has 0 unspecified atom stereocenters. The number of nitrogens with one attached hydrogen (secondary N) is 1. The van der Waals surface area contributed by atoms with Gasteiger partial charge in [-0.3, -0.25) is 13.9 Å². The first-order valence-electron chi connectivity index (χ1n) is 11.9. The Morgan fingerprint density at radius 1 is 0.833 bits per heavy atom. The fourth-order valence-corrected chi connectivity index (χ4v) is 5.24. The maximum Gasteiger partial charge on any atom is 0.264 e. The number of aryl methyl sites for hydroxylation is 1. The molecule has 2 amide bonds. The van der Waals surface area contributed by atoms with E-state index in [4.69, 9.17) is 0 Å². The predicted octanol–water partition coefficient (Wildman–Crippen LogP) is 4.13. The minimum absolute atomic E-state index is 0.0812. The van der Waals surface area contributed by atoms with Gasteiger partial charge in [0.15, 0.2) is 0 Å². The van der Waals surface area contributed by atoms with Crippen molar-refractivity contribution in [2.45, 2.75) is 51.2 Å². The molecule has 0 spiro atoms. The molecule has 0 saturated heterocycles. The second-order valence-corrected chi connectivity index (χ2v) is 10.8. The molecule has 1 atom stereocenters. The van der Waals surface area contributed by atoms with Crippen LogP contribution in [0, 0.1) is 6.92 Å². The first kappa shape index (κ1) is 26.9. The van der Waals surface area contributed by atoms with E-state index in [1.807, 2.05) is 45.0 Å². The molecule has 0 aliphatic carbocycles. The quantitative estimate of drug-likeness (QED) is 0.447. The summed E-state index contributed by atoms with van der Waals surface area (Å²) in [6.45, 7) is 7.02. The van der Waals surface area contributed by atoms with Gasteiger partial charge in [-0.05, 0) is 63.1 Å². The summed E-state index contributed by atoms with van der Waals surface area (Å²) >= 11 is 0. The van der Waals surface area contributed by atoms with Crippen molar-refractivity contribution >= 4 is 27.5 Å². The van der Waals surface area contributed by atoms with Crippen LogP contribution in [0.5, 0.6) is 0 Å². The molecular weight excluding hydrogens is 474 g/mol. The van der Waals surface area contributed by atoms with E-state index in [0.29, 0.717) is 5.69 Å². The molecule has 0 radical (unpaired) electrons. The van der Waals surface area contributed by atoms with Crippen LogP contribution in [0.3, 0.4) is 0 Å². The molecule has 8 heteroatoms. The van der Waals surface area contributed by atoms with E-state index in [9.17, 15) is 18.0 Å². The molecule has 3 aromatic carbocycles. The summed E-state index contributed by atoms with van der Waals surface area (Å²) in [5.41, 5.74) is 2.22. The Balaban J connectivity index is 2.00. The average Bonchev–Trinajstić information content (AvgIpc) is 2.86. The normalized spacial score (nSPS) is 12.1. The zero-order valence-electron chi connectivity index (χ0n) is 21.1. The summed E-state index contributed by atoms with van der Waals surface area (Å²) < 4.78 is 28.4. The summed E-state index contributed by atoms with van der Waals surface area (Å²) in [4.78, 5) is 28.2. The van der Waals surface area contributed by atoms with Crippen LogP contribution in [0.1, 0.15) is 31.9 Å². The lowest BCUT2D eigenvalue weighted by atomic mass is 10.1. The van der Waals surface area contributed by atoms with Gasteiger partial charge in [0.1, 0.15) is 12.6 Å². The van der Waals surface area contributed by atoms with E-state index in [0.717, 1.165) is 15.4 Å². The monoisotopic (exact) mass is 507 g/mol. The molecule has 0 saturated carbocycles. The number of nitrogens with zero attached hydrogens (tertiary/aromatic N) is 2. The minimum atomic E-state index is -4.04. The highest BCUT2D eigenvalue weighted by molar-refractivity contribution is 7.92. The van der Waals surface area contributed by atoms with E-state index >= 15 is 0 Å². The molecule has 3 rings (SSSR count). The molecule has 3 aromatic rings. The summed E-state index contributed by atoms with van der Waals surface area (Å²) in [5.74, 6) is -0.780. The average molecular weight is 508 g/mol. The Bertz CT molecular complexity index is 1280. The van der Waals surface area contributed by atoms with Gasteiger partial charge < -0.3 is 10.2 Å². The van der Waals surface area contributed by atoms with Crippen LogP contribution in [-0.2, 0) is 26.2 Å². The summed E-state index contributed by atoms with van der Waals surface area (Å²) in [7, 11) is -4.04. The Labute approximate surface area is 213 Å². The fraction of sp³-hybridized carbons (Fsp3) is 0.286. The lowest BCUT2D eigenvalue weighted by Crippen LogP contribution is -2.52. The van der Waals surface area contributed by atoms with Crippen LogP contribution in [0.25, 0.3) is 0 Å². The number of rotatable bonds is 10. The Morgan fingerprint density at radius 3 is 1.97 bits per heavy atom. The van der Waals surface area contributed by atoms with Crippen molar-refractivity contribution in [2.75, 3.05) is 10.8 Å². The maximum absolute atomic E-state index is 13.8. The van der Waals surface area contributed by atoms with E-state index in [2.05, 4.69) is 5.32 Å². The minimum Gasteiger partial charge on any atom is -0.352 e. The van der Waals surface area contributed by atoms with Crippen molar-refractivity contribution in [3.8, 4) is 0 Å². The van der Waals surface area contributed by atoms with Crippen molar-refractivity contribution < 1.29 is 18.0 Å². The molecule has 190 valence electrons. The van der Waals surface area contributed by atoms with E-state index in [-0.39, 0.29) is 23.4 Å². The summed E-state index contributed by atoms with van der Waals surface area (Å²) in [5, 5.41) is 2.85. The number of sulfonamides is 1. The zero-order valence-corrected chi connectivity index (χ0v) is 21.9. The van der Waals surface area contributed by atoms with Gasteiger partial charge in [-0.25, -0.2) is 8.42 Å². The van der Waals surface area contributed by atoms with Gasteiger partial charge in [-0.15, -0.1) is 0 Å². The highest BCUT2D eigenvalue weighted by Crippen LogP contribution is 2.24. The molecule has 0 aliphatic heterocycles. The smallest absolute Gasteiger partial charge is 0.264 e. The largest absolute Gasteiger partial charge is 0.352 e. The van der Waals surface area contributed by atoms with Crippen molar-refractivity contribution in [3.05, 3.63) is 96.1 Å². The van der Waals surface area contributed by atoms with E-state index < -0.39 is 28.5 Å². The van der Waals surface area contributed by atoms with E-state index in [1.54, 1.807) is 55.5 Å². The molecule has 0 aromatic heterocycles. The number of para-hydroxylation sites is 1. The third-order valence-corrected chi connectivity index (χ3v) is 7.64. The second-order valence-electron chi connectivity index (χ2n) is 8.95. The van der Waals surface area contributed by atoms with Gasteiger partial charge >= 0.3 is 0 Å². The second kappa shape index (κ2) is 11.9. The van der Waals surface area contributed by atoms with Gasteiger partial charge in [0.05, 0.1) is 10.6 Å². The van der Waals surface area contributed by atoms with Crippen molar-refractivity contribution in [3.63, 3.8) is 0 Å². The Kier molecular flexibility index (Phi) is 8.88. The molecule has 0 aliphatic rings. The number of amides is 2. The van der Waals surface area contributed by atoms with Gasteiger partial charge in [0.25, 0.3) is 10.0 Å². The molecule has 1 N–H and O–H groups in total. The first-order valence-corrected chi connectivity index (χ1v) is 13.3. The molecule has 36 heavy (non-hydrogen) atoms. The third-order valence-electron chi connectivity index (χ3n) is 5.85. The van der Waals surface area contributed by atoms with Crippen LogP contribution < -0.4 is 9.62 Å². The zero-order chi connectivity index (χ0) is 26.3. The van der Waals surface area contributed by atoms with Crippen LogP contribution in [0.4, 0.5) is 5.69 Å². The van der Waals surface area contributed by atoms with E-state index in [1.165, 1.54) is 17.0 Å². The fourth-order valence-electron chi connectivity index (χ4n) is 3.80. The topological polar surface area (TPSA) is 86.8 Å². The van der Waals surface area contributed by atoms with Crippen LogP contribution >= 0.6 is 0 Å². The maximum atomic E-state index is 13.8. The number of benzene rings is 3. The van der Waals surface area contributed by atoms with Crippen molar-refractivity contribution in [2.24, 2.45) is 0 Å². The third kappa shape index (κ3) is 6.51. The van der Waals surface area contributed by atoms with Crippen molar-refractivity contribution in [1.82, 2.24) is 10.2 Å². The van der Waals surface area contributed by atoms with Crippen LogP contribution in [0.15, 0.2) is 89.8 Å². The summed E-state index contributed by atoms with van der Waals surface area (Å²) in [6, 6.07) is 23.2. The molecular formula is C28H33N3O4S. The lowest BCUT2D eigenvalue weighted by molar-refractivity contribution is -0.139. The number of hydrogen-bond donors (Lipinski definition) is 1. The van der Waals surface area contributed by atoms with Crippen molar-refractivity contribution in [1.29, 1.82) is 0 Å². The SMILES string of the molecule is Cc1ccccc1CN(C(=O)CN(c1ccccc1)S(=O)(=O)c1ccccc1)[C@H](C)C(=O)NC(C)C. The lowest BCUT2D eigenvalue weighted by Gasteiger charge is -2.32. The van der Waals surface area contributed by atoms with Gasteiger partial charge in [-0.2, -0.15) is 0 Å². The number of anilines is 1. The Hall–Kier alpha value is -3.65. The highest BCUT2D eigenvalue weighted by atomic mass is 32.2. The predicted molar refractivity (Wildman–Crippen MR) is 142 cm³/mol. The number of carbonyl (C=O) groups excluding carboxylic acids is 2. The molecule has 7 nitrogen and oxygen atoms in total. The number of hydrogen-bond acceptors (Lipinski definition) is 4. The Morgan fingerprint density at radius 2 is 1.39 bits per heavy atom. The molecule has 0 bridgehead atoms. The van der Waals surface area contributed by atoms with Gasteiger partial charge in [-0.1, -0.05) is 60.7 Å². The van der Waals surface area contributed by atoms with Gasteiger partial charge in [0, 0.05) is 12.6 Å². The molecule has 0 heterocycles. The number of carbonyl (C=O) groups is 2. The molecule has 0 fully saturated rings. The first-order chi connectivity index (χ1) is 17.1. The highest BCUT2D eigenvalue weighted by Gasteiger charge is 2.32. The van der Waals surface area contributed by atoms with Gasteiger partial charge in [0.2, 0.25) is 11.8 Å².